The highest BCUT2D eigenvalue weighted by Crippen LogP contribution is 2.23. The van der Waals surface area contributed by atoms with Gasteiger partial charge in [-0.3, -0.25) is 0 Å². The van der Waals surface area contributed by atoms with Gasteiger partial charge in [0.05, 0.1) is 6.61 Å². The van der Waals surface area contributed by atoms with E-state index in [0.717, 1.165) is 31.2 Å². The summed E-state index contributed by atoms with van der Waals surface area (Å²) in [5.41, 5.74) is 1.33. The van der Waals surface area contributed by atoms with Crippen LogP contribution >= 0.6 is 0 Å². The van der Waals surface area contributed by atoms with Crippen LogP contribution in [-0.2, 0) is 6.54 Å². The Morgan fingerprint density at radius 3 is 2.85 bits per heavy atom. The topological polar surface area (TPSA) is 21.3 Å². The number of hydrogen-bond donors (Lipinski definition) is 1. The van der Waals surface area contributed by atoms with E-state index in [2.05, 4.69) is 36.5 Å². The molecule has 0 saturated heterocycles. The second-order valence-electron chi connectivity index (χ2n) is 5.98. The lowest BCUT2D eigenvalue weighted by Gasteiger charge is -2.21. The van der Waals surface area contributed by atoms with Gasteiger partial charge in [-0.15, -0.1) is 0 Å². The van der Waals surface area contributed by atoms with Gasteiger partial charge in [-0.25, -0.2) is 0 Å². The molecular formula is C18H29NO. The predicted molar refractivity (Wildman–Crippen MR) is 85.1 cm³/mol. The third kappa shape index (κ3) is 5.54. The van der Waals surface area contributed by atoms with E-state index in [-0.39, 0.29) is 0 Å². The lowest BCUT2D eigenvalue weighted by atomic mass is 9.89. The van der Waals surface area contributed by atoms with Gasteiger partial charge >= 0.3 is 0 Å². The van der Waals surface area contributed by atoms with Crippen LogP contribution in [0.25, 0.3) is 0 Å². The number of hydrogen-bond acceptors (Lipinski definition) is 2. The lowest BCUT2D eigenvalue weighted by molar-refractivity contribution is 0.309. The molecule has 0 unspecified atom stereocenters. The minimum Gasteiger partial charge on any atom is -0.494 e. The van der Waals surface area contributed by atoms with Crippen molar-refractivity contribution in [3.05, 3.63) is 29.8 Å². The number of benzene rings is 1. The average Bonchev–Trinajstić information content (AvgIpc) is 2.49. The van der Waals surface area contributed by atoms with Crippen molar-refractivity contribution in [2.75, 3.05) is 13.2 Å². The maximum Gasteiger partial charge on any atom is 0.119 e. The van der Waals surface area contributed by atoms with Gasteiger partial charge in [-0.2, -0.15) is 0 Å². The minimum atomic E-state index is 0.829. The molecule has 1 aliphatic rings. The third-order valence-electron chi connectivity index (χ3n) is 4.15. The van der Waals surface area contributed by atoms with Crippen LogP contribution in [0.3, 0.4) is 0 Å². The number of rotatable bonds is 8. The van der Waals surface area contributed by atoms with E-state index in [1.165, 1.54) is 50.6 Å². The molecule has 2 nitrogen and oxygen atoms in total. The molecule has 1 aromatic carbocycles. The van der Waals surface area contributed by atoms with E-state index < -0.39 is 0 Å². The van der Waals surface area contributed by atoms with E-state index >= 15 is 0 Å². The molecular weight excluding hydrogens is 246 g/mol. The Kier molecular flexibility index (Phi) is 6.93. The lowest BCUT2D eigenvalue weighted by Crippen LogP contribution is -2.24. The van der Waals surface area contributed by atoms with Crippen LogP contribution in [-0.4, -0.2) is 13.2 Å². The highest BCUT2D eigenvalue weighted by molar-refractivity contribution is 5.28. The first kappa shape index (κ1) is 15.4. The SMILES string of the molecule is CCCCOc1cccc(CNCC2CCCCC2)c1. The molecule has 0 spiro atoms. The van der Waals surface area contributed by atoms with Crippen molar-refractivity contribution in [2.24, 2.45) is 5.92 Å². The first-order valence-electron chi connectivity index (χ1n) is 8.31. The van der Waals surface area contributed by atoms with Gasteiger partial charge in [0.25, 0.3) is 0 Å². The summed E-state index contributed by atoms with van der Waals surface area (Å²) in [5, 5.41) is 3.61. The summed E-state index contributed by atoms with van der Waals surface area (Å²) in [5.74, 6) is 1.91. The van der Waals surface area contributed by atoms with E-state index in [1.54, 1.807) is 0 Å². The van der Waals surface area contributed by atoms with Gasteiger partial charge in [-0.1, -0.05) is 44.7 Å². The van der Waals surface area contributed by atoms with Crippen LogP contribution in [0.2, 0.25) is 0 Å². The summed E-state index contributed by atoms with van der Waals surface area (Å²) in [6.45, 7) is 5.15. The van der Waals surface area contributed by atoms with Crippen molar-refractivity contribution in [3.63, 3.8) is 0 Å². The molecule has 1 fully saturated rings. The molecule has 2 rings (SSSR count). The summed E-state index contributed by atoms with van der Waals surface area (Å²) in [6, 6.07) is 8.50. The molecule has 0 aromatic heterocycles. The van der Waals surface area contributed by atoms with Crippen LogP contribution in [0.5, 0.6) is 5.75 Å². The summed E-state index contributed by atoms with van der Waals surface area (Å²) in [6.07, 6.45) is 9.42. The zero-order valence-electron chi connectivity index (χ0n) is 12.9. The van der Waals surface area contributed by atoms with Crippen molar-refractivity contribution in [3.8, 4) is 5.75 Å². The van der Waals surface area contributed by atoms with Crippen LogP contribution in [0.4, 0.5) is 0 Å². The molecule has 1 aromatic rings. The molecule has 1 aliphatic carbocycles. The molecule has 0 amide bonds. The Hall–Kier alpha value is -1.02. The highest BCUT2D eigenvalue weighted by atomic mass is 16.5. The number of ether oxygens (including phenoxy) is 1. The van der Waals surface area contributed by atoms with Crippen molar-refractivity contribution in [1.29, 1.82) is 0 Å². The minimum absolute atomic E-state index is 0.829. The van der Waals surface area contributed by atoms with E-state index in [1.807, 2.05) is 0 Å². The standard InChI is InChI=1S/C18H29NO/c1-2-3-12-20-18-11-7-10-17(13-18)15-19-14-16-8-5-4-6-9-16/h7,10-11,13,16,19H,2-6,8-9,12,14-15H2,1H3. The van der Waals surface area contributed by atoms with E-state index in [9.17, 15) is 0 Å². The first-order chi connectivity index (χ1) is 9.88. The molecule has 0 radical (unpaired) electrons. The summed E-state index contributed by atoms with van der Waals surface area (Å²) in [7, 11) is 0. The first-order valence-corrected chi connectivity index (χ1v) is 8.31. The largest absolute Gasteiger partial charge is 0.494 e. The molecule has 2 heteroatoms. The highest BCUT2D eigenvalue weighted by Gasteiger charge is 2.12. The zero-order valence-corrected chi connectivity index (χ0v) is 12.9. The van der Waals surface area contributed by atoms with Crippen LogP contribution in [0.1, 0.15) is 57.4 Å². The van der Waals surface area contributed by atoms with Crippen molar-refractivity contribution < 1.29 is 4.74 Å². The maximum absolute atomic E-state index is 5.76. The fraction of sp³-hybridized carbons (Fsp3) is 0.667. The van der Waals surface area contributed by atoms with Crippen LogP contribution in [0, 0.1) is 5.92 Å². The second-order valence-corrected chi connectivity index (χ2v) is 5.98. The average molecular weight is 275 g/mol. The Labute approximate surface area is 123 Å². The summed E-state index contributed by atoms with van der Waals surface area (Å²) < 4.78 is 5.76. The van der Waals surface area contributed by atoms with Gasteiger partial charge in [-0.05, 0) is 49.4 Å². The van der Waals surface area contributed by atoms with Crippen molar-refractivity contribution >= 4 is 0 Å². The Balaban J connectivity index is 1.70. The molecule has 0 atom stereocenters. The van der Waals surface area contributed by atoms with Gasteiger partial charge < -0.3 is 10.1 Å². The Bertz CT molecular complexity index is 371. The molecule has 0 aliphatic heterocycles. The summed E-state index contributed by atoms with van der Waals surface area (Å²) in [4.78, 5) is 0. The van der Waals surface area contributed by atoms with Gasteiger partial charge in [0.15, 0.2) is 0 Å². The molecule has 1 saturated carbocycles. The molecule has 112 valence electrons. The fourth-order valence-corrected chi connectivity index (χ4v) is 2.89. The van der Waals surface area contributed by atoms with Gasteiger partial charge in [0.1, 0.15) is 5.75 Å². The van der Waals surface area contributed by atoms with E-state index in [0.29, 0.717) is 0 Å². The molecule has 20 heavy (non-hydrogen) atoms. The van der Waals surface area contributed by atoms with Gasteiger partial charge in [0.2, 0.25) is 0 Å². The van der Waals surface area contributed by atoms with Gasteiger partial charge in [0, 0.05) is 6.54 Å². The maximum atomic E-state index is 5.76. The number of unbranched alkanes of at least 4 members (excludes halogenated alkanes) is 1. The third-order valence-corrected chi connectivity index (χ3v) is 4.15. The molecule has 0 bridgehead atoms. The van der Waals surface area contributed by atoms with E-state index in [4.69, 9.17) is 4.74 Å². The Morgan fingerprint density at radius 2 is 2.05 bits per heavy atom. The molecule has 1 N–H and O–H groups in total. The zero-order chi connectivity index (χ0) is 14.0. The van der Waals surface area contributed by atoms with Crippen LogP contribution in [0.15, 0.2) is 24.3 Å². The van der Waals surface area contributed by atoms with Crippen molar-refractivity contribution in [1.82, 2.24) is 5.32 Å². The Morgan fingerprint density at radius 1 is 1.20 bits per heavy atom. The second kappa shape index (κ2) is 9.02. The predicted octanol–water partition coefficient (Wildman–Crippen LogP) is 4.54. The monoisotopic (exact) mass is 275 g/mol. The molecule has 0 heterocycles. The quantitative estimate of drug-likeness (QED) is 0.703. The summed E-state index contributed by atoms with van der Waals surface area (Å²) >= 11 is 0. The number of nitrogens with one attached hydrogen (secondary N) is 1. The van der Waals surface area contributed by atoms with Crippen LogP contribution < -0.4 is 10.1 Å². The normalized spacial score (nSPS) is 16.2. The smallest absolute Gasteiger partial charge is 0.119 e. The fourth-order valence-electron chi connectivity index (χ4n) is 2.89. The van der Waals surface area contributed by atoms with Crippen molar-refractivity contribution in [2.45, 2.75) is 58.4 Å².